The minimum Gasteiger partial charge on any atom is -0.131 e. The van der Waals surface area contributed by atoms with Crippen LogP contribution in [0, 0.1) is 5.92 Å². The van der Waals surface area contributed by atoms with Crippen LogP contribution in [-0.4, -0.2) is 5.16 Å². The van der Waals surface area contributed by atoms with E-state index >= 15 is 0 Å². The molecule has 0 nitrogen and oxygen atoms in total. The third kappa shape index (κ3) is 5.12. The summed E-state index contributed by atoms with van der Waals surface area (Å²) in [6.07, 6.45) is 8.09. The van der Waals surface area contributed by atoms with Crippen molar-refractivity contribution in [3.63, 3.8) is 0 Å². The Kier molecular flexibility index (Phi) is 11.3. The minimum absolute atomic E-state index is 0. The van der Waals surface area contributed by atoms with Crippen molar-refractivity contribution in [2.75, 3.05) is 0 Å². The number of unbranched alkanes of at least 4 members (excludes halogenated alkanes) is 1. The van der Waals surface area contributed by atoms with Crippen LogP contribution < -0.4 is 0 Å². The maximum Gasteiger partial charge on any atom is -0.0127 e. The predicted molar refractivity (Wildman–Crippen MR) is 76.7 cm³/mol. The molecule has 0 radical (unpaired) electrons. The van der Waals surface area contributed by atoms with Gasteiger partial charge >= 0.3 is 0 Å². The standard InChI is InChI=1S/C12H27P.BrH/c1-5-9-10-11(6-2)12(13,7-3)8-4;/h11H,5-10,13H2,1-4H3;1H. The lowest BCUT2D eigenvalue weighted by molar-refractivity contribution is 0.316. The van der Waals surface area contributed by atoms with Gasteiger partial charge < -0.3 is 0 Å². The smallest absolute Gasteiger partial charge is 0.0127 e. The van der Waals surface area contributed by atoms with E-state index in [1.165, 1.54) is 38.5 Å². The zero-order chi connectivity index (χ0) is 10.3. The third-order valence-electron chi connectivity index (χ3n) is 3.53. The van der Waals surface area contributed by atoms with Crippen LogP contribution in [0.1, 0.15) is 66.2 Å². The number of halogens is 1. The molecule has 0 heterocycles. The van der Waals surface area contributed by atoms with Crippen molar-refractivity contribution in [3.05, 3.63) is 0 Å². The summed E-state index contributed by atoms with van der Waals surface area (Å²) in [7, 11) is 3.12. The molecule has 0 aromatic carbocycles. The van der Waals surface area contributed by atoms with Crippen molar-refractivity contribution in [2.45, 2.75) is 71.4 Å². The maximum absolute atomic E-state index is 3.12. The molecule has 0 aliphatic rings. The molecule has 0 bridgehead atoms. The Labute approximate surface area is 104 Å². The van der Waals surface area contributed by atoms with Gasteiger partial charge in [-0.1, -0.05) is 47.0 Å². The fourth-order valence-corrected chi connectivity index (χ4v) is 2.58. The molecule has 0 saturated carbocycles. The Morgan fingerprint density at radius 1 is 1.07 bits per heavy atom. The molecule has 0 N–H and O–H groups in total. The predicted octanol–water partition coefficient (Wildman–Crippen LogP) is 5.21. The lowest BCUT2D eigenvalue weighted by Crippen LogP contribution is -2.29. The lowest BCUT2D eigenvalue weighted by Gasteiger charge is -2.35. The molecular weight excluding hydrogens is 255 g/mol. The van der Waals surface area contributed by atoms with Gasteiger partial charge in [0.15, 0.2) is 0 Å². The Balaban J connectivity index is 0. The number of hydrogen-bond acceptors (Lipinski definition) is 0. The molecule has 0 amide bonds. The van der Waals surface area contributed by atoms with E-state index in [2.05, 4.69) is 36.9 Å². The molecule has 14 heavy (non-hydrogen) atoms. The normalized spacial score (nSPS) is 13.5. The summed E-state index contributed by atoms with van der Waals surface area (Å²) >= 11 is 0. The van der Waals surface area contributed by atoms with Gasteiger partial charge in [0.2, 0.25) is 0 Å². The molecule has 2 atom stereocenters. The summed E-state index contributed by atoms with van der Waals surface area (Å²) in [4.78, 5) is 0. The Morgan fingerprint density at radius 3 is 1.86 bits per heavy atom. The van der Waals surface area contributed by atoms with Gasteiger partial charge in [-0.3, -0.25) is 0 Å². The fourth-order valence-electron chi connectivity index (χ4n) is 2.18. The van der Waals surface area contributed by atoms with Gasteiger partial charge in [-0.15, -0.1) is 26.2 Å². The van der Waals surface area contributed by atoms with E-state index in [9.17, 15) is 0 Å². The van der Waals surface area contributed by atoms with Crippen LogP contribution in [-0.2, 0) is 0 Å². The molecule has 0 saturated heterocycles. The van der Waals surface area contributed by atoms with Gasteiger partial charge in [-0.05, 0) is 30.3 Å². The van der Waals surface area contributed by atoms with E-state index in [1.807, 2.05) is 0 Å². The highest BCUT2D eigenvalue weighted by molar-refractivity contribution is 8.93. The van der Waals surface area contributed by atoms with Crippen molar-refractivity contribution in [1.29, 1.82) is 0 Å². The van der Waals surface area contributed by atoms with E-state index in [0.29, 0.717) is 5.16 Å². The average Bonchev–Trinajstić information content (AvgIpc) is 2.18. The van der Waals surface area contributed by atoms with E-state index in [-0.39, 0.29) is 17.0 Å². The van der Waals surface area contributed by atoms with Crippen LogP contribution >= 0.6 is 26.2 Å². The second kappa shape index (κ2) is 9.16. The molecule has 0 rings (SSSR count). The summed E-state index contributed by atoms with van der Waals surface area (Å²) in [5, 5.41) is 0.518. The van der Waals surface area contributed by atoms with E-state index in [4.69, 9.17) is 0 Å². The van der Waals surface area contributed by atoms with Gasteiger partial charge in [-0.25, -0.2) is 0 Å². The summed E-state index contributed by atoms with van der Waals surface area (Å²) in [6, 6.07) is 0. The van der Waals surface area contributed by atoms with Crippen molar-refractivity contribution < 1.29 is 0 Å². The Morgan fingerprint density at radius 2 is 1.57 bits per heavy atom. The summed E-state index contributed by atoms with van der Waals surface area (Å²) in [6.45, 7) is 9.27. The van der Waals surface area contributed by atoms with Crippen molar-refractivity contribution >= 4 is 26.2 Å². The minimum atomic E-state index is 0. The molecular formula is C12H28BrP. The van der Waals surface area contributed by atoms with Gasteiger partial charge in [-0.2, -0.15) is 0 Å². The number of rotatable bonds is 7. The van der Waals surface area contributed by atoms with Crippen LogP contribution in [0.3, 0.4) is 0 Å². The largest absolute Gasteiger partial charge is 0.131 e. The van der Waals surface area contributed by atoms with Crippen LogP contribution in [0.15, 0.2) is 0 Å². The number of hydrogen-bond donors (Lipinski definition) is 0. The average molecular weight is 283 g/mol. The van der Waals surface area contributed by atoms with Crippen LogP contribution in [0.25, 0.3) is 0 Å². The van der Waals surface area contributed by atoms with Gasteiger partial charge in [0.05, 0.1) is 0 Å². The van der Waals surface area contributed by atoms with Crippen LogP contribution in [0.5, 0.6) is 0 Å². The van der Waals surface area contributed by atoms with Crippen LogP contribution in [0.2, 0.25) is 0 Å². The molecule has 88 valence electrons. The molecule has 2 heteroatoms. The first kappa shape index (κ1) is 17.3. The first-order chi connectivity index (χ1) is 6.14. The quantitative estimate of drug-likeness (QED) is 0.562. The Hall–Kier alpha value is 0.910. The highest BCUT2D eigenvalue weighted by Gasteiger charge is 2.28. The highest BCUT2D eigenvalue weighted by Crippen LogP contribution is 2.39. The first-order valence-electron chi connectivity index (χ1n) is 5.93. The SMILES string of the molecule is Br.CCCCC(CC)C(P)(CC)CC. The molecule has 0 fully saturated rings. The second-order valence-electron chi connectivity index (χ2n) is 4.19. The van der Waals surface area contributed by atoms with Gasteiger partial charge in [0.25, 0.3) is 0 Å². The zero-order valence-corrected chi connectivity index (χ0v) is 13.2. The second-order valence-corrected chi connectivity index (χ2v) is 5.34. The fraction of sp³-hybridized carbons (Fsp3) is 1.00. The topological polar surface area (TPSA) is 0 Å². The molecule has 0 aliphatic carbocycles. The first-order valence-corrected chi connectivity index (χ1v) is 6.51. The van der Waals surface area contributed by atoms with Crippen LogP contribution in [0.4, 0.5) is 0 Å². The third-order valence-corrected chi connectivity index (χ3v) is 4.82. The lowest BCUT2D eigenvalue weighted by atomic mass is 9.81. The van der Waals surface area contributed by atoms with Crippen molar-refractivity contribution in [3.8, 4) is 0 Å². The zero-order valence-electron chi connectivity index (χ0n) is 10.3. The molecule has 0 aliphatic heterocycles. The summed E-state index contributed by atoms with van der Waals surface area (Å²) in [5.74, 6) is 0.910. The molecule has 2 unspecified atom stereocenters. The molecule has 0 aromatic heterocycles. The van der Waals surface area contributed by atoms with Gasteiger partial charge in [0.1, 0.15) is 0 Å². The summed E-state index contributed by atoms with van der Waals surface area (Å²) < 4.78 is 0. The monoisotopic (exact) mass is 282 g/mol. The molecule has 0 aromatic rings. The van der Waals surface area contributed by atoms with Crippen molar-refractivity contribution in [2.24, 2.45) is 5.92 Å². The van der Waals surface area contributed by atoms with Gasteiger partial charge in [0, 0.05) is 0 Å². The Bertz CT molecular complexity index is 121. The van der Waals surface area contributed by atoms with E-state index in [0.717, 1.165) is 5.92 Å². The van der Waals surface area contributed by atoms with E-state index in [1.54, 1.807) is 0 Å². The van der Waals surface area contributed by atoms with Crippen molar-refractivity contribution in [1.82, 2.24) is 0 Å². The molecule has 0 spiro atoms. The summed E-state index contributed by atoms with van der Waals surface area (Å²) in [5.41, 5.74) is 0. The highest BCUT2D eigenvalue weighted by atomic mass is 79.9. The maximum atomic E-state index is 3.12. The van der Waals surface area contributed by atoms with E-state index < -0.39 is 0 Å².